The number of hydrogen-bond acceptors (Lipinski definition) is 7. The number of aryl methyl sites for hydroxylation is 2. The van der Waals surface area contributed by atoms with Crippen molar-refractivity contribution in [2.24, 2.45) is 0 Å². The van der Waals surface area contributed by atoms with Gasteiger partial charge in [-0.25, -0.2) is 13.4 Å². The van der Waals surface area contributed by atoms with Crippen molar-refractivity contribution < 1.29 is 27.4 Å². The van der Waals surface area contributed by atoms with E-state index in [0.717, 1.165) is 56.6 Å². The number of rotatable bonds is 10. The fraction of sp³-hybridized carbons (Fsp3) is 0.667. The van der Waals surface area contributed by atoms with Crippen LogP contribution in [0.25, 0.3) is 11.0 Å². The van der Waals surface area contributed by atoms with Gasteiger partial charge in [0.05, 0.1) is 41.7 Å². The zero-order valence-corrected chi connectivity index (χ0v) is 20.7. The maximum absolute atomic E-state index is 13.1. The Labute approximate surface area is 201 Å². The Hall–Kier alpha value is -2.01. The van der Waals surface area contributed by atoms with Crippen molar-refractivity contribution >= 4 is 27.0 Å². The number of fused-ring (bicyclic) bond motifs is 1. The minimum Gasteiger partial charge on any atom is -0.463 e. The normalized spacial score (nSPS) is 20.0. The van der Waals surface area contributed by atoms with Crippen LogP contribution in [-0.4, -0.2) is 73.9 Å². The van der Waals surface area contributed by atoms with Gasteiger partial charge >= 0.3 is 5.97 Å². The van der Waals surface area contributed by atoms with Gasteiger partial charge in [-0.05, 0) is 43.9 Å². The summed E-state index contributed by atoms with van der Waals surface area (Å²) < 4.78 is 46.1. The summed E-state index contributed by atoms with van der Waals surface area (Å²) in [5.74, 6) is 0.508. The lowest BCUT2D eigenvalue weighted by molar-refractivity contribution is -0.149. The molecule has 0 radical (unpaired) electrons. The molecule has 0 N–H and O–H groups in total. The number of sulfonamides is 1. The topological polar surface area (TPSA) is 100.0 Å². The molecule has 188 valence electrons. The van der Waals surface area contributed by atoms with E-state index in [-0.39, 0.29) is 23.4 Å². The third-order valence-electron chi connectivity index (χ3n) is 6.40. The van der Waals surface area contributed by atoms with Crippen molar-refractivity contribution in [2.45, 2.75) is 69.4 Å². The van der Waals surface area contributed by atoms with E-state index in [1.165, 1.54) is 4.31 Å². The van der Waals surface area contributed by atoms with Gasteiger partial charge < -0.3 is 18.8 Å². The molecule has 2 aliphatic rings. The second-order valence-electron chi connectivity index (χ2n) is 8.87. The van der Waals surface area contributed by atoms with Crippen molar-refractivity contribution in [1.82, 2.24) is 13.9 Å². The van der Waals surface area contributed by atoms with Gasteiger partial charge in [0.25, 0.3) is 0 Å². The predicted octanol–water partition coefficient (Wildman–Crippen LogP) is 2.90. The zero-order chi connectivity index (χ0) is 24.0. The third kappa shape index (κ3) is 5.97. The van der Waals surface area contributed by atoms with Gasteiger partial charge in [-0.3, -0.25) is 4.79 Å². The number of unbranched alkanes of at least 4 members (excludes halogenated alkanes) is 1. The summed E-state index contributed by atoms with van der Waals surface area (Å²) in [7, 11) is -3.60. The van der Waals surface area contributed by atoms with Crippen molar-refractivity contribution in [1.29, 1.82) is 0 Å². The van der Waals surface area contributed by atoms with Gasteiger partial charge in [0.1, 0.15) is 12.4 Å². The molecule has 4 rings (SSSR count). The summed E-state index contributed by atoms with van der Waals surface area (Å²) in [6, 6.07) is 5.12. The average molecular weight is 494 g/mol. The molecule has 10 heteroatoms. The van der Waals surface area contributed by atoms with E-state index < -0.39 is 10.0 Å². The van der Waals surface area contributed by atoms with Gasteiger partial charge in [0.15, 0.2) is 0 Å². The number of esters is 1. The van der Waals surface area contributed by atoms with E-state index in [4.69, 9.17) is 19.2 Å². The molecule has 9 nitrogen and oxygen atoms in total. The Morgan fingerprint density at radius 1 is 1.21 bits per heavy atom. The van der Waals surface area contributed by atoms with Crippen LogP contribution < -0.4 is 0 Å². The number of hydrogen-bond donors (Lipinski definition) is 0. The molecular weight excluding hydrogens is 458 g/mol. The van der Waals surface area contributed by atoms with Crippen molar-refractivity contribution in [2.75, 3.05) is 39.5 Å². The second kappa shape index (κ2) is 11.6. The quantitative estimate of drug-likeness (QED) is 0.469. The first kappa shape index (κ1) is 25.1. The van der Waals surface area contributed by atoms with Crippen LogP contribution in [0.15, 0.2) is 23.1 Å². The second-order valence-corrected chi connectivity index (χ2v) is 10.8. The number of carbonyl (C=O) groups is 1. The van der Waals surface area contributed by atoms with Gasteiger partial charge in [-0.15, -0.1) is 0 Å². The van der Waals surface area contributed by atoms with Crippen molar-refractivity contribution in [3.8, 4) is 0 Å². The number of aromatic nitrogens is 2. The zero-order valence-electron chi connectivity index (χ0n) is 19.9. The Bertz CT molecular complexity index is 1070. The van der Waals surface area contributed by atoms with Gasteiger partial charge in [-0.1, -0.05) is 13.3 Å². The highest BCUT2D eigenvalue weighted by atomic mass is 32.2. The minimum atomic E-state index is -3.60. The first-order valence-corrected chi connectivity index (χ1v) is 13.8. The summed E-state index contributed by atoms with van der Waals surface area (Å²) in [4.78, 5) is 17.3. The molecule has 0 saturated carbocycles. The molecule has 1 aromatic carbocycles. The Morgan fingerprint density at radius 3 is 2.76 bits per heavy atom. The largest absolute Gasteiger partial charge is 0.463 e. The predicted molar refractivity (Wildman–Crippen MR) is 127 cm³/mol. The van der Waals surface area contributed by atoms with E-state index >= 15 is 0 Å². The van der Waals surface area contributed by atoms with E-state index in [1.807, 2.05) is 6.07 Å². The SMILES string of the molecule is CCCCn1c(CCC(=O)OCC2CCCCO2)nc2cc(S(=O)(=O)N3CCOCC3)ccc21. The number of morpholine rings is 1. The summed E-state index contributed by atoms with van der Waals surface area (Å²) >= 11 is 0. The van der Waals surface area contributed by atoms with Gasteiger partial charge in [-0.2, -0.15) is 4.31 Å². The molecule has 0 bridgehead atoms. The Kier molecular flexibility index (Phi) is 8.57. The van der Waals surface area contributed by atoms with Gasteiger partial charge in [0.2, 0.25) is 10.0 Å². The maximum Gasteiger partial charge on any atom is 0.306 e. The van der Waals surface area contributed by atoms with Crippen LogP contribution in [-0.2, 0) is 42.0 Å². The molecule has 2 fully saturated rings. The fourth-order valence-corrected chi connectivity index (χ4v) is 5.85. The highest BCUT2D eigenvalue weighted by Gasteiger charge is 2.27. The first-order chi connectivity index (χ1) is 16.5. The maximum atomic E-state index is 13.1. The third-order valence-corrected chi connectivity index (χ3v) is 8.29. The molecule has 2 saturated heterocycles. The highest BCUT2D eigenvalue weighted by Crippen LogP contribution is 2.25. The van der Waals surface area contributed by atoms with E-state index in [2.05, 4.69) is 11.5 Å². The van der Waals surface area contributed by atoms with Crippen LogP contribution >= 0.6 is 0 Å². The van der Waals surface area contributed by atoms with Crippen molar-refractivity contribution in [3.05, 3.63) is 24.0 Å². The van der Waals surface area contributed by atoms with Crippen LogP contribution in [0.3, 0.4) is 0 Å². The summed E-state index contributed by atoms with van der Waals surface area (Å²) in [6.45, 7) is 5.43. The number of imidazole rings is 1. The summed E-state index contributed by atoms with van der Waals surface area (Å²) in [5, 5.41) is 0. The number of ether oxygens (including phenoxy) is 3. The van der Waals surface area contributed by atoms with Crippen molar-refractivity contribution in [3.63, 3.8) is 0 Å². The molecule has 1 aromatic heterocycles. The molecule has 3 heterocycles. The molecule has 1 unspecified atom stereocenters. The van der Waals surface area contributed by atoms with Crippen LogP contribution in [0.1, 0.15) is 51.3 Å². The smallest absolute Gasteiger partial charge is 0.306 e. The van der Waals surface area contributed by atoms with E-state index in [9.17, 15) is 13.2 Å². The first-order valence-electron chi connectivity index (χ1n) is 12.3. The van der Waals surface area contributed by atoms with E-state index in [1.54, 1.807) is 12.1 Å². The monoisotopic (exact) mass is 493 g/mol. The van der Waals surface area contributed by atoms with E-state index in [0.29, 0.717) is 44.8 Å². The number of carbonyl (C=O) groups excluding carboxylic acids is 1. The minimum absolute atomic E-state index is 0.00124. The molecule has 0 amide bonds. The number of benzene rings is 1. The van der Waals surface area contributed by atoms with Crippen LogP contribution in [0.4, 0.5) is 0 Å². The molecule has 34 heavy (non-hydrogen) atoms. The molecule has 2 aliphatic heterocycles. The molecule has 0 spiro atoms. The molecular formula is C24H35N3O6S. The Morgan fingerprint density at radius 2 is 2.03 bits per heavy atom. The van der Waals surface area contributed by atoms with Gasteiger partial charge in [0, 0.05) is 32.7 Å². The lowest BCUT2D eigenvalue weighted by Crippen LogP contribution is -2.40. The summed E-state index contributed by atoms with van der Waals surface area (Å²) in [5.41, 5.74) is 1.51. The lowest BCUT2D eigenvalue weighted by atomic mass is 10.1. The number of nitrogens with zero attached hydrogens (tertiary/aromatic N) is 3. The standard InChI is InChI=1S/C24H35N3O6S/c1-2-3-11-27-22-8-7-20(34(29,30)26-12-15-31-16-13-26)17-21(22)25-23(27)9-10-24(28)33-18-19-6-4-5-14-32-19/h7-8,17,19H,2-6,9-16,18H2,1H3. The molecule has 1 atom stereocenters. The molecule has 0 aliphatic carbocycles. The van der Waals surface area contributed by atoms with Crippen LogP contribution in [0.5, 0.6) is 0 Å². The summed E-state index contributed by atoms with van der Waals surface area (Å²) in [6.07, 6.45) is 5.74. The van der Waals surface area contributed by atoms with Crippen LogP contribution in [0.2, 0.25) is 0 Å². The van der Waals surface area contributed by atoms with Crippen LogP contribution in [0, 0.1) is 0 Å². The highest BCUT2D eigenvalue weighted by molar-refractivity contribution is 7.89. The molecule has 2 aromatic rings. The lowest BCUT2D eigenvalue weighted by Gasteiger charge is -2.26. The Balaban J connectivity index is 1.48. The average Bonchev–Trinajstić information content (AvgIpc) is 3.22. The fourth-order valence-electron chi connectivity index (χ4n) is 4.42.